The Bertz CT molecular complexity index is 1360. The van der Waals surface area contributed by atoms with Crippen molar-refractivity contribution in [3.63, 3.8) is 0 Å². The number of oxime groups is 1. The van der Waals surface area contributed by atoms with Gasteiger partial charge in [-0.25, -0.2) is 19.6 Å². The SMILES string of the molecule is C[C@@H](ON=C(C(=O)NC1C(=O)N2C(C(=O)O)=C(CSC3=NC(=N)CC(N)N3C)CS[C@@H]12)c1csc(N)n1)C(=O)O. The molecule has 40 heavy (non-hydrogen) atoms. The number of carbonyl (C=O) groups is 4. The van der Waals surface area contributed by atoms with Crippen molar-refractivity contribution >= 4 is 80.5 Å². The van der Waals surface area contributed by atoms with Gasteiger partial charge in [0.2, 0.25) is 6.10 Å². The Hall–Kier alpha value is -3.68. The number of thiazole rings is 1. The molecule has 1 aromatic heterocycles. The van der Waals surface area contributed by atoms with Crippen LogP contribution >= 0.6 is 34.9 Å². The number of nitrogens with one attached hydrogen (secondary N) is 2. The monoisotopic (exact) mass is 611 g/mol. The molecule has 16 nitrogen and oxygen atoms in total. The van der Waals surface area contributed by atoms with Crippen molar-refractivity contribution in [2.24, 2.45) is 15.9 Å². The largest absolute Gasteiger partial charge is 0.478 e. The summed E-state index contributed by atoms with van der Waals surface area (Å²) in [6.45, 7) is 1.22. The number of amides is 2. The number of hydrogen-bond donors (Lipinski definition) is 6. The van der Waals surface area contributed by atoms with E-state index in [4.69, 9.17) is 26.8 Å². The Morgan fingerprint density at radius 2 is 2.12 bits per heavy atom. The van der Waals surface area contributed by atoms with Crippen molar-refractivity contribution in [2.45, 2.75) is 37.0 Å². The number of nitrogens with zero attached hydrogens (tertiary/aromatic N) is 5. The van der Waals surface area contributed by atoms with Crippen LogP contribution in [0.3, 0.4) is 0 Å². The van der Waals surface area contributed by atoms with E-state index in [9.17, 15) is 24.3 Å². The van der Waals surface area contributed by atoms with Crippen LogP contribution in [0, 0.1) is 5.41 Å². The minimum atomic E-state index is -1.37. The van der Waals surface area contributed by atoms with Gasteiger partial charge < -0.3 is 36.7 Å². The van der Waals surface area contributed by atoms with Gasteiger partial charge in [0.25, 0.3) is 11.8 Å². The molecule has 3 aliphatic heterocycles. The third kappa shape index (κ3) is 5.91. The van der Waals surface area contributed by atoms with Crippen LogP contribution in [0.4, 0.5) is 5.13 Å². The predicted octanol–water partition coefficient (Wildman–Crippen LogP) is -0.656. The Kier molecular flexibility index (Phi) is 8.66. The van der Waals surface area contributed by atoms with Gasteiger partial charge in [0, 0.05) is 30.4 Å². The Morgan fingerprint density at radius 1 is 1.40 bits per heavy atom. The molecule has 3 aliphatic rings. The van der Waals surface area contributed by atoms with Crippen LogP contribution < -0.4 is 16.8 Å². The molecule has 2 unspecified atom stereocenters. The number of amidine groups is 2. The zero-order valence-electron chi connectivity index (χ0n) is 21.1. The molecule has 4 atom stereocenters. The van der Waals surface area contributed by atoms with E-state index in [1.54, 1.807) is 11.9 Å². The number of nitrogens with two attached hydrogens (primary N) is 2. The van der Waals surface area contributed by atoms with Gasteiger partial charge in [-0.15, -0.1) is 23.1 Å². The number of rotatable bonds is 9. The van der Waals surface area contributed by atoms with Crippen LogP contribution in [-0.2, 0) is 24.0 Å². The van der Waals surface area contributed by atoms with Gasteiger partial charge in [0.1, 0.15) is 28.6 Å². The van der Waals surface area contributed by atoms with Crippen molar-refractivity contribution in [3.8, 4) is 0 Å². The number of carboxylic acids is 2. The van der Waals surface area contributed by atoms with Crippen LogP contribution in [0.2, 0.25) is 0 Å². The number of β-lactam (4-membered cyclic amide) rings is 1. The fraction of sp³-hybridized carbons (Fsp3) is 0.429. The van der Waals surface area contributed by atoms with E-state index in [2.05, 4.69) is 20.4 Å². The second kappa shape index (κ2) is 11.8. The summed E-state index contributed by atoms with van der Waals surface area (Å²) in [5.74, 6) is -3.53. The first-order valence-electron chi connectivity index (χ1n) is 11.5. The molecule has 1 aromatic rings. The van der Waals surface area contributed by atoms with Gasteiger partial charge in [0.05, 0.1) is 6.17 Å². The number of fused-ring (bicyclic) bond motifs is 1. The van der Waals surface area contributed by atoms with Gasteiger partial charge in [-0.1, -0.05) is 16.9 Å². The number of hydrogen-bond acceptors (Lipinski definition) is 14. The molecule has 1 fully saturated rings. The molecule has 0 bridgehead atoms. The van der Waals surface area contributed by atoms with Crippen molar-refractivity contribution in [3.05, 3.63) is 22.3 Å². The summed E-state index contributed by atoms with van der Waals surface area (Å²) in [5, 5.41) is 34.3. The quantitative estimate of drug-likeness (QED) is 0.115. The molecule has 4 heterocycles. The summed E-state index contributed by atoms with van der Waals surface area (Å²) in [5.41, 5.74) is 11.6. The number of carbonyl (C=O) groups excluding carboxylic acids is 2. The molecule has 0 aromatic carbocycles. The lowest BCUT2D eigenvalue weighted by atomic mass is 10.0. The number of carboxylic acid groups (broad SMARTS) is 2. The molecule has 19 heteroatoms. The molecular weight excluding hydrogens is 586 g/mol. The summed E-state index contributed by atoms with van der Waals surface area (Å²) in [7, 11) is 1.73. The average molecular weight is 612 g/mol. The van der Waals surface area contributed by atoms with Gasteiger partial charge in [0.15, 0.2) is 16.0 Å². The van der Waals surface area contributed by atoms with Crippen LogP contribution in [0.25, 0.3) is 0 Å². The Balaban J connectivity index is 1.50. The number of aliphatic imine (C=N–C) groups is 1. The molecule has 214 valence electrons. The summed E-state index contributed by atoms with van der Waals surface area (Å²) >= 11 is 3.51. The highest BCUT2D eigenvalue weighted by Crippen LogP contribution is 2.41. The maximum Gasteiger partial charge on any atom is 0.352 e. The van der Waals surface area contributed by atoms with E-state index >= 15 is 0 Å². The van der Waals surface area contributed by atoms with Crippen molar-refractivity contribution in [1.82, 2.24) is 20.1 Å². The third-order valence-corrected chi connectivity index (χ3v) is 9.12. The second-order valence-electron chi connectivity index (χ2n) is 8.73. The first kappa shape index (κ1) is 29.3. The maximum atomic E-state index is 13.1. The number of aliphatic carboxylic acids is 2. The fourth-order valence-corrected chi connectivity index (χ4v) is 6.86. The normalized spacial score (nSPS) is 23.7. The van der Waals surface area contributed by atoms with Crippen LogP contribution in [0.15, 0.2) is 26.8 Å². The molecule has 1 saturated heterocycles. The van der Waals surface area contributed by atoms with E-state index in [1.807, 2.05) is 0 Å². The average Bonchev–Trinajstić information content (AvgIpc) is 3.33. The first-order valence-corrected chi connectivity index (χ1v) is 14.5. The summed E-state index contributed by atoms with van der Waals surface area (Å²) < 4.78 is 0. The molecule has 0 aliphatic carbocycles. The van der Waals surface area contributed by atoms with E-state index in [0.717, 1.165) is 16.2 Å². The van der Waals surface area contributed by atoms with Gasteiger partial charge >= 0.3 is 11.9 Å². The molecular formula is C21H25N9O7S3. The van der Waals surface area contributed by atoms with Crippen molar-refractivity contribution in [2.75, 3.05) is 24.3 Å². The summed E-state index contributed by atoms with van der Waals surface area (Å²) in [6, 6.07) is -1.08. The van der Waals surface area contributed by atoms with Gasteiger partial charge in [-0.3, -0.25) is 19.9 Å². The number of nitrogen functional groups attached to an aromatic ring is 1. The highest BCUT2D eigenvalue weighted by molar-refractivity contribution is 8.14. The molecule has 0 saturated carbocycles. The lowest BCUT2D eigenvalue weighted by molar-refractivity contribution is -0.150. The van der Waals surface area contributed by atoms with Crippen LogP contribution in [-0.4, -0.2) is 108 Å². The number of aromatic nitrogens is 1. The van der Waals surface area contributed by atoms with E-state index in [0.29, 0.717) is 17.2 Å². The lowest BCUT2D eigenvalue weighted by Gasteiger charge is -2.49. The Morgan fingerprint density at radius 3 is 2.75 bits per heavy atom. The first-order chi connectivity index (χ1) is 18.9. The standard InChI is InChI=1S/C21H25N9O7S3/c1-7(18(33)34)37-28-12(9-6-39-20(24)25-9)15(31)27-13-16(32)30-14(19(35)36)8(4-38-17(13)30)5-40-21-26-10(22)3-11(23)29(21)2/h6-7,11,13,17,22H,3-5,23H2,1-2H3,(H2,24,25)(H,27,31)(H,33,34)(H,35,36)/t7-,11?,13?,17+/m1/s1. The zero-order chi connectivity index (χ0) is 29.3. The predicted molar refractivity (Wildman–Crippen MR) is 149 cm³/mol. The van der Waals surface area contributed by atoms with Crippen LogP contribution in [0.5, 0.6) is 0 Å². The highest BCUT2D eigenvalue weighted by Gasteiger charge is 2.54. The number of thioether (sulfide) groups is 2. The van der Waals surface area contributed by atoms with E-state index in [-0.39, 0.29) is 39.6 Å². The van der Waals surface area contributed by atoms with Gasteiger partial charge in [-0.2, -0.15) is 0 Å². The summed E-state index contributed by atoms with van der Waals surface area (Å²) in [6.07, 6.45) is -1.49. The molecule has 8 N–H and O–H groups in total. The fourth-order valence-electron chi connectivity index (χ4n) is 3.78. The minimum Gasteiger partial charge on any atom is -0.478 e. The topological polar surface area (TPSA) is 250 Å². The molecule has 0 spiro atoms. The minimum absolute atomic E-state index is 0.0198. The van der Waals surface area contributed by atoms with Crippen molar-refractivity contribution in [1.29, 1.82) is 5.41 Å². The molecule has 0 radical (unpaired) electrons. The van der Waals surface area contributed by atoms with Crippen LogP contribution in [0.1, 0.15) is 19.0 Å². The molecule has 2 amide bonds. The maximum absolute atomic E-state index is 13.1. The highest BCUT2D eigenvalue weighted by atomic mass is 32.2. The van der Waals surface area contributed by atoms with Crippen molar-refractivity contribution < 1.29 is 34.2 Å². The summed E-state index contributed by atoms with van der Waals surface area (Å²) in [4.78, 5) is 65.4. The smallest absolute Gasteiger partial charge is 0.352 e. The second-order valence-corrected chi connectivity index (χ2v) is 11.7. The zero-order valence-corrected chi connectivity index (χ0v) is 23.5. The molecule has 4 rings (SSSR count). The lowest BCUT2D eigenvalue weighted by Crippen LogP contribution is -2.71. The third-order valence-electron chi connectivity index (χ3n) is 5.97. The van der Waals surface area contributed by atoms with E-state index in [1.165, 1.54) is 35.8 Å². The van der Waals surface area contributed by atoms with Gasteiger partial charge in [-0.05, 0) is 12.5 Å². The van der Waals surface area contributed by atoms with E-state index < -0.39 is 47.4 Å². The Labute approximate surface area is 239 Å². The number of anilines is 1.